The van der Waals surface area contributed by atoms with Crippen molar-refractivity contribution in [3.8, 4) is 11.5 Å². The molecule has 0 spiro atoms. The second-order valence-corrected chi connectivity index (χ2v) is 8.79. The predicted molar refractivity (Wildman–Crippen MR) is 119 cm³/mol. The maximum Gasteiger partial charge on any atom is 0.262 e. The number of halogens is 1. The molecule has 5 rings (SSSR count). The van der Waals surface area contributed by atoms with Gasteiger partial charge in [-0.05, 0) is 55.9 Å². The molecule has 2 aliphatic rings. The van der Waals surface area contributed by atoms with Crippen LogP contribution >= 0.6 is 11.8 Å². The Bertz CT molecular complexity index is 1200. The quantitative estimate of drug-likeness (QED) is 0.291. The Labute approximate surface area is 183 Å². The molecule has 0 N–H and O–H groups in total. The fraction of sp³-hybridized carbons (Fsp3) is 0.333. The van der Waals surface area contributed by atoms with Crippen molar-refractivity contribution < 1.29 is 13.9 Å². The van der Waals surface area contributed by atoms with Gasteiger partial charge in [0, 0.05) is 18.4 Å². The van der Waals surface area contributed by atoms with Gasteiger partial charge in [-0.3, -0.25) is 9.36 Å². The van der Waals surface area contributed by atoms with E-state index in [0.29, 0.717) is 39.9 Å². The molecule has 2 heterocycles. The molecule has 0 amide bonds. The van der Waals surface area contributed by atoms with Gasteiger partial charge < -0.3 is 9.47 Å². The van der Waals surface area contributed by atoms with Crippen LogP contribution in [0.5, 0.6) is 11.5 Å². The first-order chi connectivity index (χ1) is 15.2. The summed E-state index contributed by atoms with van der Waals surface area (Å²) in [6, 6.07) is 9.93. The average molecular weight is 439 g/mol. The van der Waals surface area contributed by atoms with Crippen LogP contribution < -0.4 is 15.0 Å². The minimum Gasteiger partial charge on any atom is -0.454 e. The maximum atomic E-state index is 13.4. The molecule has 0 atom stereocenters. The molecule has 0 saturated heterocycles. The van der Waals surface area contributed by atoms with Gasteiger partial charge in [-0.2, -0.15) is 0 Å². The maximum absolute atomic E-state index is 13.4. The Morgan fingerprint density at radius 1 is 1.10 bits per heavy atom. The standard InChI is InChI=1S/C24H23FN2O3S/c25-18-8-6-17(7-9-18)14-31-24-26-20-13-22-21(29-15-30-22)12-19(20)23(28)27(24)11-10-16-4-2-1-3-5-16/h4,6-9,12-13H,1-3,5,10-11,14-15H2. The zero-order valence-corrected chi connectivity index (χ0v) is 17.9. The normalized spacial score (nSPS) is 15.3. The van der Waals surface area contributed by atoms with Crippen molar-refractivity contribution >= 4 is 22.7 Å². The van der Waals surface area contributed by atoms with E-state index in [1.165, 1.54) is 42.3 Å². The second kappa shape index (κ2) is 8.75. The molecular weight excluding hydrogens is 415 g/mol. The Morgan fingerprint density at radius 3 is 2.68 bits per heavy atom. The molecule has 31 heavy (non-hydrogen) atoms. The number of aromatic nitrogens is 2. The number of hydrogen-bond donors (Lipinski definition) is 0. The van der Waals surface area contributed by atoms with Crippen molar-refractivity contribution in [1.82, 2.24) is 9.55 Å². The summed E-state index contributed by atoms with van der Waals surface area (Å²) in [5, 5.41) is 1.20. The molecule has 0 saturated carbocycles. The van der Waals surface area contributed by atoms with Gasteiger partial charge in [0.25, 0.3) is 5.56 Å². The van der Waals surface area contributed by atoms with Gasteiger partial charge in [0.05, 0.1) is 10.9 Å². The first kappa shape index (κ1) is 20.1. The highest BCUT2D eigenvalue weighted by atomic mass is 32.2. The van der Waals surface area contributed by atoms with Crippen LogP contribution in [0.25, 0.3) is 10.9 Å². The molecule has 2 aromatic carbocycles. The number of hydrogen-bond acceptors (Lipinski definition) is 5. The molecule has 1 aromatic heterocycles. The number of benzene rings is 2. The number of rotatable bonds is 6. The SMILES string of the molecule is O=c1c2cc3c(cc2nc(SCc2ccc(F)cc2)n1CCC1=CCCCC1)OCO3. The molecule has 1 aliphatic heterocycles. The van der Waals surface area contributed by atoms with Crippen LogP contribution in [0, 0.1) is 5.82 Å². The number of fused-ring (bicyclic) bond motifs is 2. The lowest BCUT2D eigenvalue weighted by atomic mass is 9.97. The van der Waals surface area contributed by atoms with Crippen LogP contribution in [-0.4, -0.2) is 16.3 Å². The summed E-state index contributed by atoms with van der Waals surface area (Å²) in [5.74, 6) is 1.54. The third-order valence-electron chi connectivity index (χ3n) is 5.74. The zero-order chi connectivity index (χ0) is 21.2. The molecule has 3 aromatic rings. The van der Waals surface area contributed by atoms with E-state index >= 15 is 0 Å². The molecule has 160 valence electrons. The smallest absolute Gasteiger partial charge is 0.262 e. The van der Waals surface area contributed by atoms with Crippen LogP contribution in [0.15, 0.2) is 58.0 Å². The number of nitrogens with zero attached hydrogens (tertiary/aromatic N) is 2. The Hall–Kier alpha value is -2.80. The minimum atomic E-state index is -0.258. The van der Waals surface area contributed by atoms with Gasteiger partial charge >= 0.3 is 0 Å². The van der Waals surface area contributed by atoms with Crippen LogP contribution in [0.1, 0.15) is 37.7 Å². The predicted octanol–water partition coefficient (Wildman–Crippen LogP) is 5.45. The summed E-state index contributed by atoms with van der Waals surface area (Å²) < 4.78 is 25.9. The lowest BCUT2D eigenvalue weighted by molar-refractivity contribution is 0.174. The van der Waals surface area contributed by atoms with E-state index in [9.17, 15) is 9.18 Å². The van der Waals surface area contributed by atoms with Gasteiger partial charge in [-0.1, -0.05) is 35.5 Å². The van der Waals surface area contributed by atoms with E-state index in [4.69, 9.17) is 14.5 Å². The molecular formula is C24H23FN2O3S. The van der Waals surface area contributed by atoms with E-state index in [2.05, 4.69) is 6.08 Å². The van der Waals surface area contributed by atoms with Gasteiger partial charge in [0.2, 0.25) is 6.79 Å². The topological polar surface area (TPSA) is 53.4 Å². The van der Waals surface area contributed by atoms with E-state index in [1.54, 1.807) is 28.8 Å². The van der Waals surface area contributed by atoms with Gasteiger partial charge in [-0.15, -0.1) is 0 Å². The van der Waals surface area contributed by atoms with Crippen LogP contribution in [0.2, 0.25) is 0 Å². The van der Waals surface area contributed by atoms with Crippen LogP contribution in [0.4, 0.5) is 4.39 Å². The van der Waals surface area contributed by atoms with E-state index < -0.39 is 0 Å². The van der Waals surface area contributed by atoms with Gasteiger partial charge in [0.15, 0.2) is 16.7 Å². The van der Waals surface area contributed by atoms with Crippen LogP contribution in [0.3, 0.4) is 0 Å². The lowest BCUT2D eigenvalue weighted by Crippen LogP contribution is -2.24. The summed E-state index contributed by atoms with van der Waals surface area (Å²) >= 11 is 1.49. The summed E-state index contributed by atoms with van der Waals surface area (Å²) in [6.45, 7) is 0.744. The largest absolute Gasteiger partial charge is 0.454 e. The Morgan fingerprint density at radius 2 is 1.90 bits per heavy atom. The summed E-state index contributed by atoms with van der Waals surface area (Å²) in [7, 11) is 0. The molecule has 0 fully saturated rings. The van der Waals surface area contributed by atoms with Crippen molar-refractivity contribution in [3.05, 3.63) is 69.8 Å². The second-order valence-electron chi connectivity index (χ2n) is 7.85. The summed E-state index contributed by atoms with van der Waals surface area (Å²) in [5.41, 5.74) is 2.93. The number of thioether (sulfide) groups is 1. The monoisotopic (exact) mass is 438 g/mol. The van der Waals surface area contributed by atoms with Crippen molar-refractivity contribution in [2.45, 2.75) is 49.6 Å². The number of ether oxygens (including phenoxy) is 2. The van der Waals surface area contributed by atoms with Gasteiger partial charge in [-0.25, -0.2) is 9.37 Å². The van der Waals surface area contributed by atoms with Crippen LogP contribution in [-0.2, 0) is 12.3 Å². The van der Waals surface area contributed by atoms with E-state index in [1.807, 2.05) is 0 Å². The average Bonchev–Trinajstić information content (AvgIpc) is 3.25. The fourth-order valence-corrected chi connectivity index (χ4v) is 4.99. The van der Waals surface area contributed by atoms with Crippen molar-refractivity contribution in [2.75, 3.05) is 6.79 Å². The molecule has 0 bridgehead atoms. The first-order valence-corrected chi connectivity index (χ1v) is 11.6. The minimum absolute atomic E-state index is 0.0682. The highest BCUT2D eigenvalue weighted by Gasteiger charge is 2.19. The van der Waals surface area contributed by atoms with Crippen molar-refractivity contribution in [3.63, 3.8) is 0 Å². The Kier molecular flexibility index (Phi) is 5.68. The molecule has 0 radical (unpaired) electrons. The van der Waals surface area contributed by atoms with Crippen molar-refractivity contribution in [2.24, 2.45) is 0 Å². The highest BCUT2D eigenvalue weighted by Crippen LogP contribution is 2.35. The lowest BCUT2D eigenvalue weighted by Gasteiger charge is -2.16. The molecule has 7 heteroatoms. The third-order valence-corrected chi connectivity index (χ3v) is 6.78. The zero-order valence-electron chi connectivity index (χ0n) is 17.1. The summed E-state index contributed by atoms with van der Waals surface area (Å²) in [6.07, 6.45) is 7.84. The third kappa shape index (κ3) is 4.32. The Balaban J connectivity index is 1.50. The van der Waals surface area contributed by atoms with Gasteiger partial charge in [0.1, 0.15) is 5.82 Å². The summed E-state index contributed by atoms with van der Waals surface area (Å²) in [4.78, 5) is 18.2. The first-order valence-electron chi connectivity index (χ1n) is 10.6. The van der Waals surface area contributed by atoms with E-state index in [0.717, 1.165) is 24.8 Å². The molecule has 0 unspecified atom stereocenters. The molecule has 5 nitrogen and oxygen atoms in total. The number of allylic oxidation sites excluding steroid dienone is 2. The molecule has 1 aliphatic carbocycles. The highest BCUT2D eigenvalue weighted by molar-refractivity contribution is 7.98. The van der Waals surface area contributed by atoms with Crippen molar-refractivity contribution in [1.29, 1.82) is 0 Å². The fourth-order valence-electron chi connectivity index (χ4n) is 4.01. The van der Waals surface area contributed by atoms with E-state index in [-0.39, 0.29) is 18.2 Å².